The summed E-state index contributed by atoms with van der Waals surface area (Å²) in [6, 6.07) is 3.33. The molecule has 11 nitrogen and oxygen atoms in total. The van der Waals surface area contributed by atoms with Gasteiger partial charge in [-0.1, -0.05) is 0 Å². The summed E-state index contributed by atoms with van der Waals surface area (Å²) in [5.74, 6) is 0.603. The number of nitrogens with one attached hydrogen (secondary N) is 1. The molecule has 1 heterocycles. The minimum absolute atomic E-state index is 0.0551. The van der Waals surface area contributed by atoms with Gasteiger partial charge in [-0.3, -0.25) is 20.2 Å². The average molecular weight is 308 g/mol. The molecule has 22 heavy (non-hydrogen) atoms. The smallest absolute Gasteiger partial charge is 0.299 e. The zero-order valence-electron chi connectivity index (χ0n) is 11.7. The highest BCUT2D eigenvalue weighted by Gasteiger charge is 2.19. The van der Waals surface area contributed by atoms with E-state index >= 15 is 0 Å². The highest BCUT2D eigenvalue weighted by atomic mass is 16.6. The second kappa shape index (κ2) is 6.03. The van der Waals surface area contributed by atoms with Gasteiger partial charge in [0.05, 0.1) is 22.5 Å². The van der Waals surface area contributed by atoms with E-state index in [1.807, 2.05) is 0 Å². The van der Waals surface area contributed by atoms with Gasteiger partial charge in [0, 0.05) is 20.2 Å². The van der Waals surface area contributed by atoms with Crippen LogP contribution in [0.1, 0.15) is 5.89 Å². The Hall–Kier alpha value is -3.24. The van der Waals surface area contributed by atoms with Crippen molar-refractivity contribution in [3.05, 3.63) is 44.3 Å². The monoisotopic (exact) mass is 308 g/mol. The molecule has 11 heteroatoms. The van der Waals surface area contributed by atoms with Gasteiger partial charge in [0.1, 0.15) is 5.69 Å². The molecular weight excluding hydrogens is 296 g/mol. The molecule has 0 aliphatic carbocycles. The SMILES string of the molecule is CN(C)c1noc(CNc2ccc([N+](=O)[O-])cc2[N+](=O)[O-])n1. The molecule has 2 aromatic rings. The van der Waals surface area contributed by atoms with Crippen LogP contribution >= 0.6 is 0 Å². The normalized spacial score (nSPS) is 10.3. The van der Waals surface area contributed by atoms with Crippen LogP contribution in [0.2, 0.25) is 0 Å². The maximum absolute atomic E-state index is 11.0. The molecular formula is C11H12N6O5. The third kappa shape index (κ3) is 3.26. The quantitative estimate of drug-likeness (QED) is 0.621. The Kier molecular flexibility index (Phi) is 4.15. The third-order valence-electron chi connectivity index (χ3n) is 2.68. The lowest BCUT2D eigenvalue weighted by Gasteiger charge is -2.04. The van der Waals surface area contributed by atoms with Gasteiger partial charge in [-0.15, -0.1) is 0 Å². The van der Waals surface area contributed by atoms with Gasteiger partial charge in [0.25, 0.3) is 17.3 Å². The Balaban J connectivity index is 2.18. The first-order valence-corrected chi connectivity index (χ1v) is 6.05. The molecule has 0 amide bonds. The average Bonchev–Trinajstić information content (AvgIpc) is 2.93. The summed E-state index contributed by atoms with van der Waals surface area (Å²) < 4.78 is 4.97. The van der Waals surface area contributed by atoms with E-state index < -0.39 is 15.5 Å². The van der Waals surface area contributed by atoms with Crippen LogP contribution in [0.4, 0.5) is 23.0 Å². The van der Waals surface area contributed by atoms with Gasteiger partial charge >= 0.3 is 0 Å². The maximum Gasteiger partial charge on any atom is 0.299 e. The number of hydrogen-bond acceptors (Lipinski definition) is 9. The van der Waals surface area contributed by atoms with E-state index in [9.17, 15) is 20.2 Å². The van der Waals surface area contributed by atoms with Crippen LogP contribution < -0.4 is 10.2 Å². The van der Waals surface area contributed by atoms with Crippen molar-refractivity contribution in [1.29, 1.82) is 0 Å². The molecule has 0 radical (unpaired) electrons. The summed E-state index contributed by atoms with van der Waals surface area (Å²) in [7, 11) is 3.48. The molecule has 0 aliphatic rings. The van der Waals surface area contributed by atoms with Crippen LogP contribution in [0.3, 0.4) is 0 Å². The molecule has 0 aliphatic heterocycles. The molecule has 1 aromatic carbocycles. The number of aromatic nitrogens is 2. The fourth-order valence-electron chi connectivity index (χ4n) is 1.60. The zero-order chi connectivity index (χ0) is 16.3. The van der Waals surface area contributed by atoms with Gasteiger partial charge < -0.3 is 14.7 Å². The maximum atomic E-state index is 11.0. The van der Waals surface area contributed by atoms with Crippen molar-refractivity contribution in [2.24, 2.45) is 0 Å². The Morgan fingerprint density at radius 3 is 2.55 bits per heavy atom. The van der Waals surface area contributed by atoms with Crippen molar-refractivity contribution in [2.75, 3.05) is 24.3 Å². The summed E-state index contributed by atoms with van der Waals surface area (Å²) in [5, 5.41) is 28.1. The Morgan fingerprint density at radius 2 is 2.00 bits per heavy atom. The molecule has 116 valence electrons. The highest BCUT2D eigenvalue weighted by Crippen LogP contribution is 2.29. The van der Waals surface area contributed by atoms with Crippen molar-refractivity contribution in [3.63, 3.8) is 0 Å². The lowest BCUT2D eigenvalue weighted by atomic mass is 10.2. The molecule has 0 saturated heterocycles. The van der Waals surface area contributed by atoms with Crippen LogP contribution in [-0.2, 0) is 6.54 Å². The number of hydrogen-bond donors (Lipinski definition) is 1. The summed E-state index contributed by atoms with van der Waals surface area (Å²) >= 11 is 0. The van der Waals surface area contributed by atoms with Crippen LogP contribution in [0.15, 0.2) is 22.7 Å². The number of rotatable bonds is 6. The predicted molar refractivity (Wildman–Crippen MR) is 75.7 cm³/mol. The highest BCUT2D eigenvalue weighted by molar-refractivity contribution is 5.65. The van der Waals surface area contributed by atoms with E-state index in [1.165, 1.54) is 12.1 Å². The summed E-state index contributed by atoms with van der Waals surface area (Å²) in [6.07, 6.45) is 0. The van der Waals surface area contributed by atoms with E-state index in [0.29, 0.717) is 5.95 Å². The lowest BCUT2D eigenvalue weighted by Crippen LogP contribution is -2.10. The fraction of sp³-hybridized carbons (Fsp3) is 0.273. The Labute approximate surface area is 123 Å². The van der Waals surface area contributed by atoms with Crippen molar-refractivity contribution in [3.8, 4) is 0 Å². The number of benzene rings is 1. The molecule has 0 saturated carbocycles. The molecule has 0 bridgehead atoms. The molecule has 0 spiro atoms. The standard InChI is InChI=1S/C11H12N6O5/c1-15(2)11-13-10(22-14-11)6-12-8-4-3-7(16(18)19)5-9(8)17(20)21/h3-5,12H,6H2,1-2H3. The third-order valence-corrected chi connectivity index (χ3v) is 2.68. The molecule has 2 rings (SSSR count). The number of nitro groups is 2. The van der Waals surface area contributed by atoms with Crippen LogP contribution in [0.25, 0.3) is 0 Å². The second-order valence-corrected chi connectivity index (χ2v) is 4.45. The zero-order valence-corrected chi connectivity index (χ0v) is 11.7. The van der Waals surface area contributed by atoms with E-state index in [4.69, 9.17) is 4.52 Å². The number of nitro benzene ring substituents is 2. The lowest BCUT2D eigenvalue weighted by molar-refractivity contribution is -0.393. The number of non-ortho nitro benzene ring substituents is 1. The summed E-state index contributed by atoms with van der Waals surface area (Å²) in [4.78, 5) is 25.9. The van der Waals surface area contributed by atoms with E-state index in [2.05, 4.69) is 15.5 Å². The van der Waals surface area contributed by atoms with E-state index in [0.717, 1.165) is 6.07 Å². The van der Waals surface area contributed by atoms with Crippen molar-refractivity contribution >= 4 is 23.0 Å². The van der Waals surface area contributed by atoms with Crippen molar-refractivity contribution in [2.45, 2.75) is 6.54 Å². The molecule has 0 atom stereocenters. The molecule has 1 N–H and O–H groups in total. The first kappa shape index (κ1) is 15.2. The topological polar surface area (TPSA) is 140 Å². The minimum atomic E-state index is -0.700. The van der Waals surface area contributed by atoms with Gasteiger partial charge in [-0.05, 0) is 11.2 Å². The van der Waals surface area contributed by atoms with E-state index in [-0.39, 0.29) is 23.8 Å². The minimum Gasteiger partial charge on any atom is -0.371 e. The van der Waals surface area contributed by atoms with Crippen LogP contribution in [0.5, 0.6) is 0 Å². The first-order valence-electron chi connectivity index (χ1n) is 6.05. The molecule has 0 fully saturated rings. The van der Waals surface area contributed by atoms with E-state index in [1.54, 1.807) is 19.0 Å². The van der Waals surface area contributed by atoms with Crippen LogP contribution in [-0.4, -0.2) is 34.1 Å². The van der Waals surface area contributed by atoms with Crippen LogP contribution in [0, 0.1) is 20.2 Å². The number of anilines is 2. The first-order chi connectivity index (χ1) is 10.4. The van der Waals surface area contributed by atoms with Gasteiger partial charge in [0.2, 0.25) is 5.89 Å². The predicted octanol–water partition coefficient (Wildman–Crippen LogP) is 1.56. The second-order valence-electron chi connectivity index (χ2n) is 4.45. The van der Waals surface area contributed by atoms with Crippen molar-refractivity contribution in [1.82, 2.24) is 10.1 Å². The summed E-state index contributed by atoms with van der Waals surface area (Å²) in [6.45, 7) is 0.0551. The summed E-state index contributed by atoms with van der Waals surface area (Å²) in [5.41, 5.74) is -0.633. The number of nitrogens with zero attached hydrogens (tertiary/aromatic N) is 5. The Morgan fingerprint density at radius 1 is 1.27 bits per heavy atom. The van der Waals surface area contributed by atoms with Gasteiger partial charge in [-0.25, -0.2) is 0 Å². The molecule has 1 aromatic heterocycles. The Bertz CT molecular complexity index is 713. The van der Waals surface area contributed by atoms with Gasteiger partial charge in [0.15, 0.2) is 0 Å². The largest absolute Gasteiger partial charge is 0.371 e. The van der Waals surface area contributed by atoms with Crippen molar-refractivity contribution < 1.29 is 14.4 Å². The fourth-order valence-corrected chi connectivity index (χ4v) is 1.60. The molecule has 0 unspecified atom stereocenters. The van der Waals surface area contributed by atoms with Gasteiger partial charge in [-0.2, -0.15) is 4.98 Å².